The van der Waals surface area contributed by atoms with E-state index in [1.165, 1.54) is 10.5 Å². The van der Waals surface area contributed by atoms with Gasteiger partial charge in [-0.25, -0.2) is 4.98 Å². The summed E-state index contributed by atoms with van der Waals surface area (Å²) in [5.41, 5.74) is 2.43. The summed E-state index contributed by atoms with van der Waals surface area (Å²) in [6.45, 7) is 6.40. The SMILES string of the molecule is Cc1ccc(SCc2nc(=S)cc(C(C)C)[nH]2)cc1. The second-order valence-electron chi connectivity index (χ2n) is 4.88. The molecule has 100 valence electrons. The van der Waals surface area contributed by atoms with E-state index < -0.39 is 0 Å². The molecule has 0 amide bonds. The highest BCUT2D eigenvalue weighted by Gasteiger charge is 2.04. The summed E-state index contributed by atoms with van der Waals surface area (Å²) >= 11 is 6.99. The maximum atomic E-state index is 5.21. The third-order valence-corrected chi connectivity index (χ3v) is 4.06. The van der Waals surface area contributed by atoms with Gasteiger partial charge in [-0.3, -0.25) is 0 Å². The number of benzene rings is 1. The first-order valence-electron chi connectivity index (χ1n) is 6.34. The van der Waals surface area contributed by atoms with Crippen molar-refractivity contribution in [2.45, 2.75) is 37.3 Å². The first-order chi connectivity index (χ1) is 9.04. The second-order valence-corrected chi connectivity index (χ2v) is 6.34. The fraction of sp³-hybridized carbons (Fsp3) is 0.333. The first-order valence-corrected chi connectivity index (χ1v) is 7.73. The highest BCUT2D eigenvalue weighted by Crippen LogP contribution is 2.22. The van der Waals surface area contributed by atoms with E-state index in [4.69, 9.17) is 12.2 Å². The molecule has 0 radical (unpaired) electrons. The third kappa shape index (κ3) is 4.18. The van der Waals surface area contributed by atoms with Crippen molar-refractivity contribution in [2.75, 3.05) is 0 Å². The Bertz CT molecular complexity index is 600. The maximum Gasteiger partial charge on any atom is 0.130 e. The topological polar surface area (TPSA) is 28.7 Å². The molecule has 1 N–H and O–H groups in total. The molecule has 0 unspecified atom stereocenters. The fourth-order valence-electron chi connectivity index (χ4n) is 1.69. The van der Waals surface area contributed by atoms with Gasteiger partial charge in [-0.15, -0.1) is 11.8 Å². The molecule has 1 heterocycles. The van der Waals surface area contributed by atoms with Crippen LogP contribution in [0.25, 0.3) is 0 Å². The molecule has 0 saturated heterocycles. The molecule has 0 spiro atoms. The zero-order chi connectivity index (χ0) is 13.8. The average molecular weight is 290 g/mol. The number of hydrogen-bond donors (Lipinski definition) is 1. The summed E-state index contributed by atoms with van der Waals surface area (Å²) < 4.78 is 0.668. The Morgan fingerprint density at radius 1 is 1.26 bits per heavy atom. The van der Waals surface area contributed by atoms with Gasteiger partial charge in [0.05, 0.1) is 5.75 Å². The Hall–Kier alpha value is -1.13. The fourth-order valence-corrected chi connectivity index (χ4v) is 2.70. The van der Waals surface area contributed by atoms with Crippen molar-refractivity contribution in [2.24, 2.45) is 0 Å². The zero-order valence-corrected chi connectivity index (χ0v) is 13.1. The quantitative estimate of drug-likeness (QED) is 0.643. The summed E-state index contributed by atoms with van der Waals surface area (Å²) in [5.74, 6) is 2.20. The molecule has 1 aromatic carbocycles. The van der Waals surface area contributed by atoms with E-state index in [1.54, 1.807) is 11.8 Å². The minimum Gasteiger partial charge on any atom is -0.346 e. The van der Waals surface area contributed by atoms with Crippen molar-refractivity contribution < 1.29 is 0 Å². The van der Waals surface area contributed by atoms with E-state index in [2.05, 4.69) is 55.0 Å². The number of nitrogens with zero attached hydrogens (tertiary/aromatic N) is 1. The van der Waals surface area contributed by atoms with Crippen LogP contribution in [0.3, 0.4) is 0 Å². The van der Waals surface area contributed by atoms with Gasteiger partial charge in [0.2, 0.25) is 0 Å². The number of aromatic nitrogens is 2. The van der Waals surface area contributed by atoms with Gasteiger partial charge in [0, 0.05) is 10.6 Å². The van der Waals surface area contributed by atoms with E-state index in [9.17, 15) is 0 Å². The summed E-state index contributed by atoms with van der Waals surface area (Å²) in [4.78, 5) is 9.01. The lowest BCUT2D eigenvalue weighted by molar-refractivity contribution is 0.797. The van der Waals surface area contributed by atoms with E-state index in [1.807, 2.05) is 6.07 Å². The molecule has 2 nitrogen and oxygen atoms in total. The Morgan fingerprint density at radius 3 is 2.58 bits per heavy atom. The predicted octanol–water partition coefficient (Wildman–Crippen LogP) is 4.86. The van der Waals surface area contributed by atoms with Gasteiger partial charge in [-0.05, 0) is 31.0 Å². The smallest absolute Gasteiger partial charge is 0.130 e. The van der Waals surface area contributed by atoms with Crippen LogP contribution in [-0.4, -0.2) is 9.97 Å². The van der Waals surface area contributed by atoms with Gasteiger partial charge in [0.1, 0.15) is 10.5 Å². The summed E-state index contributed by atoms with van der Waals surface area (Å²) in [6, 6.07) is 10.5. The minimum atomic E-state index is 0.438. The third-order valence-electron chi connectivity index (χ3n) is 2.83. The van der Waals surface area contributed by atoms with Crippen LogP contribution in [0.1, 0.15) is 36.8 Å². The van der Waals surface area contributed by atoms with Crippen LogP contribution in [0.15, 0.2) is 35.2 Å². The molecular weight excluding hydrogens is 272 g/mol. The van der Waals surface area contributed by atoms with E-state index >= 15 is 0 Å². The van der Waals surface area contributed by atoms with Crippen molar-refractivity contribution in [1.82, 2.24) is 9.97 Å². The number of H-pyrrole nitrogens is 1. The Morgan fingerprint density at radius 2 is 1.95 bits per heavy atom. The van der Waals surface area contributed by atoms with Gasteiger partial charge in [0.25, 0.3) is 0 Å². The molecule has 1 aromatic heterocycles. The van der Waals surface area contributed by atoms with Crippen LogP contribution >= 0.6 is 24.0 Å². The van der Waals surface area contributed by atoms with E-state index in [0.717, 1.165) is 17.3 Å². The van der Waals surface area contributed by atoms with Crippen molar-refractivity contribution >= 4 is 24.0 Å². The molecule has 0 saturated carbocycles. The van der Waals surface area contributed by atoms with Crippen LogP contribution in [-0.2, 0) is 5.75 Å². The standard InChI is InChI=1S/C15H18N2S2/c1-10(2)13-8-15(18)17-14(16-13)9-19-12-6-4-11(3)5-7-12/h4-8,10H,9H2,1-3H3,(H,16,17,18). The van der Waals surface area contributed by atoms with Crippen molar-refractivity contribution in [1.29, 1.82) is 0 Å². The van der Waals surface area contributed by atoms with Gasteiger partial charge in [-0.2, -0.15) is 0 Å². The number of aryl methyl sites for hydroxylation is 1. The van der Waals surface area contributed by atoms with Crippen molar-refractivity contribution in [3.8, 4) is 0 Å². The number of thioether (sulfide) groups is 1. The summed E-state index contributed by atoms with van der Waals surface area (Å²) in [5, 5.41) is 0. The molecule has 4 heteroatoms. The lowest BCUT2D eigenvalue weighted by Crippen LogP contribution is -2.00. The monoisotopic (exact) mass is 290 g/mol. The van der Waals surface area contributed by atoms with Crippen LogP contribution in [0, 0.1) is 11.6 Å². The van der Waals surface area contributed by atoms with Gasteiger partial charge < -0.3 is 4.98 Å². The normalized spacial score (nSPS) is 10.9. The van der Waals surface area contributed by atoms with Gasteiger partial charge in [0.15, 0.2) is 0 Å². The lowest BCUT2D eigenvalue weighted by atomic mass is 10.1. The molecule has 2 aromatic rings. The molecule has 0 bridgehead atoms. The minimum absolute atomic E-state index is 0.438. The van der Waals surface area contributed by atoms with Crippen molar-refractivity contribution in [3.63, 3.8) is 0 Å². The Kier molecular flexibility index (Phi) is 4.77. The van der Waals surface area contributed by atoms with Gasteiger partial charge in [-0.1, -0.05) is 43.8 Å². The van der Waals surface area contributed by atoms with Crippen LogP contribution in [0.5, 0.6) is 0 Å². The van der Waals surface area contributed by atoms with Crippen LogP contribution in [0.4, 0.5) is 0 Å². The maximum absolute atomic E-state index is 5.21. The Balaban J connectivity index is 2.11. The molecule has 0 atom stereocenters. The molecule has 0 fully saturated rings. The summed E-state index contributed by atoms with van der Waals surface area (Å²) in [7, 11) is 0. The van der Waals surface area contributed by atoms with Crippen LogP contribution in [0.2, 0.25) is 0 Å². The number of rotatable bonds is 4. The number of aromatic amines is 1. The predicted molar refractivity (Wildman–Crippen MR) is 84.3 cm³/mol. The average Bonchev–Trinajstić information content (AvgIpc) is 2.37. The van der Waals surface area contributed by atoms with E-state index in [0.29, 0.717) is 10.6 Å². The molecule has 0 aliphatic carbocycles. The molecule has 0 aliphatic rings. The summed E-state index contributed by atoms with van der Waals surface area (Å²) in [6.07, 6.45) is 0. The molecule has 2 rings (SSSR count). The number of nitrogens with one attached hydrogen (secondary N) is 1. The highest BCUT2D eigenvalue weighted by molar-refractivity contribution is 7.98. The molecule has 0 aliphatic heterocycles. The second kappa shape index (κ2) is 6.35. The van der Waals surface area contributed by atoms with Crippen molar-refractivity contribution in [3.05, 3.63) is 52.1 Å². The lowest BCUT2D eigenvalue weighted by Gasteiger charge is -2.08. The largest absolute Gasteiger partial charge is 0.346 e. The molecular formula is C15H18N2S2. The highest BCUT2D eigenvalue weighted by atomic mass is 32.2. The zero-order valence-electron chi connectivity index (χ0n) is 11.4. The van der Waals surface area contributed by atoms with Gasteiger partial charge >= 0.3 is 0 Å². The number of hydrogen-bond acceptors (Lipinski definition) is 3. The van der Waals surface area contributed by atoms with E-state index in [-0.39, 0.29) is 0 Å². The first kappa shape index (κ1) is 14.3. The molecule has 19 heavy (non-hydrogen) atoms. The van der Waals surface area contributed by atoms with Crippen LogP contribution < -0.4 is 0 Å². The Labute approximate surface area is 123 Å².